The summed E-state index contributed by atoms with van der Waals surface area (Å²) < 4.78 is 26.0. The zero-order valence-electron chi connectivity index (χ0n) is 12.7. The lowest BCUT2D eigenvalue weighted by Crippen LogP contribution is -2.33. The van der Waals surface area contributed by atoms with Crippen LogP contribution in [0, 0.1) is 17.8 Å². The topological polar surface area (TPSA) is 104 Å². The second kappa shape index (κ2) is 5.81. The number of nitrogens with one attached hydrogen (secondary N) is 3. The zero-order valence-corrected chi connectivity index (χ0v) is 13.5. The Hall–Kier alpha value is -1.15. The number of amides is 2. The van der Waals surface area contributed by atoms with Crippen LogP contribution in [0.5, 0.6) is 0 Å². The lowest BCUT2D eigenvalue weighted by Gasteiger charge is -2.06. The van der Waals surface area contributed by atoms with Crippen LogP contribution in [-0.2, 0) is 19.6 Å². The van der Waals surface area contributed by atoms with Gasteiger partial charge in [-0.1, -0.05) is 0 Å². The minimum Gasteiger partial charge on any atom is -0.359 e. The van der Waals surface area contributed by atoms with E-state index in [-0.39, 0.29) is 40.9 Å². The smallest absolute Gasteiger partial charge is 0.223 e. The first kappa shape index (κ1) is 15.7. The molecule has 0 aromatic rings. The van der Waals surface area contributed by atoms with Gasteiger partial charge in [0.1, 0.15) is 0 Å². The fraction of sp³-hybridized carbons (Fsp3) is 0.857. The molecule has 0 aliphatic heterocycles. The molecule has 7 nitrogen and oxygen atoms in total. The molecule has 0 radical (unpaired) electrons. The van der Waals surface area contributed by atoms with E-state index in [9.17, 15) is 18.0 Å². The van der Waals surface area contributed by atoms with E-state index in [2.05, 4.69) is 15.4 Å². The molecule has 0 heterocycles. The first-order valence-corrected chi connectivity index (χ1v) is 9.44. The van der Waals surface area contributed by atoms with Crippen LogP contribution in [-0.4, -0.2) is 45.1 Å². The van der Waals surface area contributed by atoms with E-state index in [4.69, 9.17) is 0 Å². The van der Waals surface area contributed by atoms with E-state index in [0.29, 0.717) is 13.0 Å². The van der Waals surface area contributed by atoms with Crippen molar-refractivity contribution in [1.82, 2.24) is 15.4 Å². The average molecular weight is 329 g/mol. The van der Waals surface area contributed by atoms with Crippen LogP contribution in [0.25, 0.3) is 0 Å². The summed E-state index contributed by atoms with van der Waals surface area (Å²) in [5.74, 6) is 0.318. The molecule has 124 valence electrons. The number of sulfonamides is 1. The first-order chi connectivity index (χ1) is 10.4. The molecule has 3 N–H and O–H groups in total. The maximum absolute atomic E-state index is 11.9. The van der Waals surface area contributed by atoms with E-state index in [0.717, 1.165) is 25.7 Å². The number of hydrogen-bond acceptors (Lipinski definition) is 4. The van der Waals surface area contributed by atoms with Crippen molar-refractivity contribution in [3.05, 3.63) is 0 Å². The molecule has 22 heavy (non-hydrogen) atoms. The standard InChI is InChI=1S/C14H23N3O4S/c1-15-14(19)11-4-8(11)6-13(18)17-12-5-9(12)7-16-22(20,21)10-2-3-10/h8-12,16H,2-7H2,1H3,(H,15,19)(H,17,18). The number of carbonyl (C=O) groups is 2. The molecule has 3 aliphatic rings. The summed E-state index contributed by atoms with van der Waals surface area (Å²) in [5, 5.41) is 5.33. The highest BCUT2D eigenvalue weighted by Gasteiger charge is 2.45. The second-order valence-corrected chi connectivity index (χ2v) is 8.73. The highest BCUT2D eigenvalue weighted by molar-refractivity contribution is 7.90. The molecule has 3 fully saturated rings. The SMILES string of the molecule is CNC(=O)C1CC1CC(=O)NC1CC1CNS(=O)(=O)C1CC1. The van der Waals surface area contributed by atoms with Gasteiger partial charge in [-0.05, 0) is 37.5 Å². The lowest BCUT2D eigenvalue weighted by molar-refractivity contribution is -0.122. The van der Waals surface area contributed by atoms with Crippen LogP contribution >= 0.6 is 0 Å². The van der Waals surface area contributed by atoms with Crippen LogP contribution in [0.15, 0.2) is 0 Å². The second-order valence-electron chi connectivity index (χ2n) is 6.68. The normalized spacial score (nSPS) is 33.1. The summed E-state index contributed by atoms with van der Waals surface area (Å²) in [7, 11) is -1.52. The molecule has 3 saturated carbocycles. The predicted octanol–water partition coefficient (Wildman–Crippen LogP) is -0.655. The van der Waals surface area contributed by atoms with Crippen LogP contribution in [0.1, 0.15) is 32.1 Å². The Morgan fingerprint density at radius 3 is 2.50 bits per heavy atom. The molecule has 0 aromatic carbocycles. The van der Waals surface area contributed by atoms with E-state index in [1.54, 1.807) is 7.05 Å². The van der Waals surface area contributed by atoms with Crippen molar-refractivity contribution < 1.29 is 18.0 Å². The Bertz CT molecular complexity index is 573. The molecule has 4 unspecified atom stereocenters. The van der Waals surface area contributed by atoms with Crippen LogP contribution in [0.3, 0.4) is 0 Å². The van der Waals surface area contributed by atoms with Gasteiger partial charge in [-0.2, -0.15) is 0 Å². The zero-order chi connectivity index (χ0) is 15.9. The third kappa shape index (κ3) is 3.78. The van der Waals surface area contributed by atoms with Gasteiger partial charge in [-0.25, -0.2) is 13.1 Å². The molecule has 0 bridgehead atoms. The molecular weight excluding hydrogens is 306 g/mol. The van der Waals surface area contributed by atoms with Crippen LogP contribution < -0.4 is 15.4 Å². The van der Waals surface area contributed by atoms with Gasteiger partial charge in [0.25, 0.3) is 0 Å². The monoisotopic (exact) mass is 329 g/mol. The van der Waals surface area contributed by atoms with Crippen molar-refractivity contribution in [3.63, 3.8) is 0 Å². The van der Waals surface area contributed by atoms with Crippen molar-refractivity contribution in [1.29, 1.82) is 0 Å². The summed E-state index contributed by atoms with van der Waals surface area (Å²) >= 11 is 0. The highest BCUT2D eigenvalue weighted by Crippen LogP contribution is 2.41. The van der Waals surface area contributed by atoms with Crippen molar-refractivity contribution in [2.45, 2.75) is 43.4 Å². The van der Waals surface area contributed by atoms with Gasteiger partial charge in [0.15, 0.2) is 0 Å². The van der Waals surface area contributed by atoms with Gasteiger partial charge in [0, 0.05) is 32.0 Å². The molecule has 4 atom stereocenters. The van der Waals surface area contributed by atoms with Crippen molar-refractivity contribution in [2.75, 3.05) is 13.6 Å². The average Bonchev–Trinajstić information content (AvgIpc) is 3.32. The molecular formula is C14H23N3O4S. The molecule has 0 spiro atoms. The lowest BCUT2D eigenvalue weighted by atomic mass is 10.2. The van der Waals surface area contributed by atoms with E-state index >= 15 is 0 Å². The Morgan fingerprint density at radius 1 is 1.14 bits per heavy atom. The van der Waals surface area contributed by atoms with Gasteiger partial charge in [0.05, 0.1) is 5.25 Å². The van der Waals surface area contributed by atoms with E-state index < -0.39 is 10.0 Å². The number of hydrogen-bond donors (Lipinski definition) is 3. The number of rotatable bonds is 8. The molecule has 8 heteroatoms. The fourth-order valence-electron chi connectivity index (χ4n) is 2.85. The molecule has 0 aromatic heterocycles. The van der Waals surface area contributed by atoms with Gasteiger partial charge in [-0.15, -0.1) is 0 Å². The highest BCUT2D eigenvalue weighted by atomic mass is 32.2. The molecule has 0 saturated heterocycles. The molecule has 3 aliphatic carbocycles. The fourth-order valence-corrected chi connectivity index (χ4v) is 4.29. The summed E-state index contributed by atoms with van der Waals surface area (Å²) in [6.45, 7) is 0.411. The molecule has 2 amide bonds. The minimum absolute atomic E-state index is 0.0107. The van der Waals surface area contributed by atoms with E-state index in [1.807, 2.05) is 0 Å². The maximum Gasteiger partial charge on any atom is 0.223 e. The van der Waals surface area contributed by atoms with E-state index in [1.165, 1.54) is 0 Å². The largest absolute Gasteiger partial charge is 0.359 e. The van der Waals surface area contributed by atoms with Gasteiger partial charge < -0.3 is 10.6 Å². The Labute approximate surface area is 130 Å². The summed E-state index contributed by atoms with van der Waals surface area (Å²) in [6, 6.07) is 0.0756. The third-order valence-electron chi connectivity index (χ3n) is 4.73. The van der Waals surface area contributed by atoms with Crippen LogP contribution in [0.2, 0.25) is 0 Å². The quantitative estimate of drug-likeness (QED) is 0.550. The summed E-state index contributed by atoms with van der Waals surface area (Å²) in [6.07, 6.45) is 3.50. The van der Waals surface area contributed by atoms with Gasteiger partial charge in [0.2, 0.25) is 21.8 Å². The predicted molar refractivity (Wildman–Crippen MR) is 80.3 cm³/mol. The van der Waals surface area contributed by atoms with Gasteiger partial charge in [-0.3, -0.25) is 9.59 Å². The van der Waals surface area contributed by atoms with Crippen molar-refractivity contribution >= 4 is 21.8 Å². The maximum atomic E-state index is 11.9. The number of carbonyl (C=O) groups excluding carboxylic acids is 2. The Morgan fingerprint density at radius 2 is 1.86 bits per heavy atom. The molecule has 3 rings (SSSR count). The Kier molecular flexibility index (Phi) is 4.15. The minimum atomic E-state index is -3.13. The third-order valence-corrected chi connectivity index (χ3v) is 6.65. The van der Waals surface area contributed by atoms with Crippen molar-refractivity contribution in [3.8, 4) is 0 Å². The first-order valence-electron chi connectivity index (χ1n) is 7.90. The Balaban J connectivity index is 1.32. The summed E-state index contributed by atoms with van der Waals surface area (Å²) in [5.41, 5.74) is 0. The van der Waals surface area contributed by atoms with Crippen LogP contribution in [0.4, 0.5) is 0 Å². The van der Waals surface area contributed by atoms with Gasteiger partial charge >= 0.3 is 0 Å². The van der Waals surface area contributed by atoms with Crippen molar-refractivity contribution in [2.24, 2.45) is 17.8 Å². The summed E-state index contributed by atoms with van der Waals surface area (Å²) in [4.78, 5) is 23.3.